The Labute approximate surface area is 129 Å². The Morgan fingerprint density at radius 2 is 1.71 bits per heavy atom. The first kappa shape index (κ1) is 15.4. The third-order valence-corrected chi connectivity index (χ3v) is 3.36. The molecular weight excluding hydrogens is 288 g/mol. The van der Waals surface area contributed by atoms with Gasteiger partial charge in [0.1, 0.15) is 17.1 Å². The summed E-state index contributed by atoms with van der Waals surface area (Å²) in [6.45, 7) is 6.38. The lowest BCUT2D eigenvalue weighted by Crippen LogP contribution is -2.10. The fraction of sp³-hybridized carbons (Fsp3) is 0.235. The first-order chi connectivity index (χ1) is 9.77. The van der Waals surface area contributed by atoms with Gasteiger partial charge in [-0.25, -0.2) is 4.79 Å². The van der Waals surface area contributed by atoms with E-state index in [0.717, 1.165) is 0 Å². The van der Waals surface area contributed by atoms with Gasteiger partial charge in [-0.05, 0) is 35.2 Å². The average molecular weight is 305 g/mol. The molecule has 1 N–H and O–H groups in total. The molecule has 0 amide bonds. The highest BCUT2D eigenvalue weighted by Crippen LogP contribution is 2.30. The molecule has 0 aliphatic heterocycles. The van der Waals surface area contributed by atoms with Gasteiger partial charge < -0.3 is 9.84 Å². The van der Waals surface area contributed by atoms with Crippen LogP contribution in [-0.2, 0) is 5.41 Å². The molecule has 110 valence electrons. The Balaban J connectivity index is 2.30. The molecule has 0 aliphatic rings. The van der Waals surface area contributed by atoms with Crippen LogP contribution in [0.4, 0.5) is 0 Å². The summed E-state index contributed by atoms with van der Waals surface area (Å²) < 4.78 is 5.65. The summed E-state index contributed by atoms with van der Waals surface area (Å²) >= 11 is 5.90. The molecule has 0 unspecified atom stereocenters. The van der Waals surface area contributed by atoms with Crippen molar-refractivity contribution in [3.8, 4) is 11.5 Å². The van der Waals surface area contributed by atoms with Crippen LogP contribution in [0.3, 0.4) is 0 Å². The molecule has 3 nitrogen and oxygen atoms in total. The number of benzene rings is 2. The van der Waals surface area contributed by atoms with Crippen molar-refractivity contribution in [3.63, 3.8) is 0 Å². The minimum absolute atomic E-state index is 0.0564. The molecule has 0 aromatic heterocycles. The molecule has 21 heavy (non-hydrogen) atoms. The molecule has 2 rings (SSSR count). The van der Waals surface area contributed by atoms with Gasteiger partial charge in [0.15, 0.2) is 0 Å². The average Bonchev–Trinajstić information content (AvgIpc) is 2.38. The van der Waals surface area contributed by atoms with Crippen molar-refractivity contribution in [1.29, 1.82) is 0 Å². The van der Waals surface area contributed by atoms with E-state index in [4.69, 9.17) is 21.4 Å². The molecule has 0 bridgehead atoms. The van der Waals surface area contributed by atoms with Crippen LogP contribution in [-0.4, -0.2) is 11.1 Å². The molecule has 0 saturated heterocycles. The predicted octanol–water partition coefficient (Wildman–Crippen LogP) is 5.13. The second-order valence-corrected chi connectivity index (χ2v) is 6.26. The Bertz CT molecular complexity index is 655. The van der Waals surface area contributed by atoms with Gasteiger partial charge >= 0.3 is 5.97 Å². The maximum absolute atomic E-state index is 11.2. The molecule has 0 radical (unpaired) electrons. The zero-order valence-electron chi connectivity index (χ0n) is 12.2. The van der Waals surface area contributed by atoms with Crippen LogP contribution in [0.1, 0.15) is 36.7 Å². The number of carbonyl (C=O) groups is 1. The van der Waals surface area contributed by atoms with E-state index in [9.17, 15) is 4.79 Å². The Morgan fingerprint density at radius 3 is 2.24 bits per heavy atom. The topological polar surface area (TPSA) is 46.5 Å². The maximum atomic E-state index is 11.2. The Hall–Kier alpha value is -2.00. The van der Waals surface area contributed by atoms with E-state index in [-0.39, 0.29) is 16.7 Å². The lowest BCUT2D eigenvalue weighted by Gasteiger charge is -2.19. The molecule has 2 aromatic carbocycles. The van der Waals surface area contributed by atoms with E-state index in [2.05, 4.69) is 20.8 Å². The van der Waals surface area contributed by atoms with Gasteiger partial charge in [0.2, 0.25) is 0 Å². The number of carboxylic acids is 1. The van der Waals surface area contributed by atoms with Crippen LogP contribution < -0.4 is 4.74 Å². The van der Waals surface area contributed by atoms with Gasteiger partial charge in [-0.2, -0.15) is 0 Å². The molecule has 0 saturated carbocycles. The zero-order chi connectivity index (χ0) is 15.6. The van der Waals surface area contributed by atoms with Crippen LogP contribution >= 0.6 is 11.6 Å². The van der Waals surface area contributed by atoms with E-state index in [1.807, 2.05) is 24.3 Å². The van der Waals surface area contributed by atoms with E-state index in [1.165, 1.54) is 23.8 Å². The van der Waals surface area contributed by atoms with E-state index in [0.29, 0.717) is 10.8 Å². The van der Waals surface area contributed by atoms with E-state index in [1.54, 1.807) is 0 Å². The fourth-order valence-electron chi connectivity index (χ4n) is 1.91. The highest BCUT2D eigenvalue weighted by Gasteiger charge is 2.15. The number of carboxylic acid groups (broad SMARTS) is 1. The molecule has 0 fully saturated rings. The zero-order valence-corrected chi connectivity index (χ0v) is 12.9. The van der Waals surface area contributed by atoms with Crippen LogP contribution in [0.25, 0.3) is 0 Å². The molecule has 0 atom stereocenters. The van der Waals surface area contributed by atoms with Crippen molar-refractivity contribution >= 4 is 17.6 Å². The minimum atomic E-state index is -1.05. The maximum Gasteiger partial charge on any atom is 0.339 e. The molecule has 2 aromatic rings. The number of hydrogen-bond donors (Lipinski definition) is 1. The summed E-state index contributed by atoms with van der Waals surface area (Å²) in [4.78, 5) is 11.2. The van der Waals surface area contributed by atoms with Gasteiger partial charge in [0.05, 0.1) is 0 Å². The van der Waals surface area contributed by atoms with Crippen molar-refractivity contribution in [2.24, 2.45) is 0 Å². The number of ether oxygens (including phenoxy) is 1. The predicted molar refractivity (Wildman–Crippen MR) is 83.6 cm³/mol. The van der Waals surface area contributed by atoms with Crippen LogP contribution in [0.5, 0.6) is 11.5 Å². The van der Waals surface area contributed by atoms with Gasteiger partial charge in [0, 0.05) is 11.1 Å². The molecule has 4 heteroatoms. The lowest BCUT2D eigenvalue weighted by atomic mass is 9.87. The lowest BCUT2D eigenvalue weighted by molar-refractivity contribution is 0.0694. The summed E-state index contributed by atoms with van der Waals surface area (Å²) in [5.74, 6) is -0.237. The summed E-state index contributed by atoms with van der Waals surface area (Å²) in [5.41, 5.74) is 1.32. The smallest absolute Gasteiger partial charge is 0.339 e. The van der Waals surface area contributed by atoms with Gasteiger partial charge in [-0.3, -0.25) is 0 Å². The summed E-state index contributed by atoms with van der Waals surface area (Å²) in [5, 5.41) is 9.59. The number of rotatable bonds is 3. The number of hydrogen-bond acceptors (Lipinski definition) is 2. The molecule has 0 heterocycles. The highest BCUT2D eigenvalue weighted by atomic mass is 35.5. The highest BCUT2D eigenvalue weighted by molar-refractivity contribution is 6.30. The summed E-state index contributed by atoms with van der Waals surface area (Å²) in [6, 6.07) is 12.1. The van der Waals surface area contributed by atoms with E-state index < -0.39 is 5.97 Å². The van der Waals surface area contributed by atoms with Crippen molar-refractivity contribution in [1.82, 2.24) is 0 Å². The Kier molecular flexibility index (Phi) is 4.24. The van der Waals surface area contributed by atoms with Gasteiger partial charge in [-0.1, -0.05) is 44.5 Å². The molecular formula is C17H17ClO3. The van der Waals surface area contributed by atoms with Gasteiger partial charge in [0.25, 0.3) is 0 Å². The normalized spacial score (nSPS) is 11.2. The third kappa shape index (κ3) is 3.76. The monoisotopic (exact) mass is 304 g/mol. The molecule has 0 spiro atoms. The van der Waals surface area contributed by atoms with Crippen molar-refractivity contribution < 1.29 is 14.6 Å². The summed E-state index contributed by atoms with van der Waals surface area (Å²) in [6.07, 6.45) is 0. The van der Waals surface area contributed by atoms with Crippen molar-refractivity contribution in [2.75, 3.05) is 0 Å². The largest absolute Gasteiger partial charge is 0.478 e. The van der Waals surface area contributed by atoms with Crippen molar-refractivity contribution in [3.05, 3.63) is 58.6 Å². The standard InChI is InChI=1S/C17H17ClO3/c1-17(2,3)11-4-7-13(8-5-11)21-15-10-12(18)6-9-14(15)16(19)20/h4-10H,1-3H3,(H,19,20). The van der Waals surface area contributed by atoms with Crippen LogP contribution in [0, 0.1) is 0 Å². The molecule has 0 aliphatic carbocycles. The third-order valence-electron chi connectivity index (χ3n) is 3.12. The first-order valence-corrected chi connectivity index (χ1v) is 6.96. The van der Waals surface area contributed by atoms with Crippen molar-refractivity contribution in [2.45, 2.75) is 26.2 Å². The van der Waals surface area contributed by atoms with E-state index >= 15 is 0 Å². The summed E-state index contributed by atoms with van der Waals surface area (Å²) in [7, 11) is 0. The van der Waals surface area contributed by atoms with Gasteiger partial charge in [-0.15, -0.1) is 0 Å². The van der Waals surface area contributed by atoms with Crippen LogP contribution in [0.15, 0.2) is 42.5 Å². The Morgan fingerprint density at radius 1 is 1.10 bits per heavy atom. The first-order valence-electron chi connectivity index (χ1n) is 6.58. The second kappa shape index (κ2) is 5.78. The number of halogens is 1. The van der Waals surface area contributed by atoms with Crippen LogP contribution in [0.2, 0.25) is 5.02 Å². The minimum Gasteiger partial charge on any atom is -0.478 e. The SMILES string of the molecule is CC(C)(C)c1ccc(Oc2cc(Cl)ccc2C(=O)O)cc1. The number of aromatic carboxylic acids is 1. The quantitative estimate of drug-likeness (QED) is 0.855. The fourth-order valence-corrected chi connectivity index (χ4v) is 2.07. The second-order valence-electron chi connectivity index (χ2n) is 5.82.